The molecule has 0 bridgehead atoms. The first-order chi connectivity index (χ1) is 14.2. The van der Waals surface area contributed by atoms with E-state index in [9.17, 15) is 10.5 Å². The summed E-state index contributed by atoms with van der Waals surface area (Å²) in [7, 11) is 0. The Morgan fingerprint density at radius 1 is 1.27 bits per heavy atom. The lowest BCUT2D eigenvalue weighted by atomic mass is 9.85. The van der Waals surface area contributed by atoms with Crippen molar-refractivity contribution >= 4 is 22.5 Å². The number of nitrogens with zero attached hydrogens (tertiary/aromatic N) is 3. The first-order valence-corrected chi connectivity index (χ1v) is 10.5. The predicted molar refractivity (Wildman–Crippen MR) is 120 cm³/mol. The molecule has 0 spiro atoms. The maximum Gasteiger partial charge on any atom is 0.307 e. The number of halogens is 1. The second kappa shape index (κ2) is 8.49. The van der Waals surface area contributed by atoms with Gasteiger partial charge in [0.05, 0.1) is 17.8 Å². The van der Waals surface area contributed by atoms with E-state index in [1.807, 2.05) is 19.1 Å². The van der Waals surface area contributed by atoms with Gasteiger partial charge in [0.15, 0.2) is 12.3 Å². The fourth-order valence-electron chi connectivity index (χ4n) is 3.44. The maximum atomic E-state index is 12.1. The zero-order valence-corrected chi connectivity index (χ0v) is 18.8. The summed E-state index contributed by atoms with van der Waals surface area (Å²) in [6, 6.07) is 9.42. The largest absolute Gasteiger partial charge is 0.618 e. The van der Waals surface area contributed by atoms with Crippen LogP contribution >= 0.6 is 11.6 Å². The summed E-state index contributed by atoms with van der Waals surface area (Å²) in [5, 5.41) is 22.8. The van der Waals surface area contributed by atoms with E-state index in [4.69, 9.17) is 21.3 Å². The Hall–Kier alpha value is -2.84. The molecule has 2 aromatic heterocycles. The van der Waals surface area contributed by atoms with E-state index in [1.165, 1.54) is 6.20 Å². The molecule has 1 aromatic carbocycles. The van der Waals surface area contributed by atoms with E-state index in [0.717, 1.165) is 29.5 Å². The van der Waals surface area contributed by atoms with Crippen LogP contribution in [0.3, 0.4) is 0 Å². The van der Waals surface area contributed by atoms with Crippen LogP contribution in [0.1, 0.15) is 57.4 Å². The third-order valence-corrected chi connectivity index (χ3v) is 5.41. The monoisotopic (exact) mass is 423 g/mol. The Bertz CT molecular complexity index is 1140. The summed E-state index contributed by atoms with van der Waals surface area (Å²) in [6.45, 7) is 11.0. The second-order valence-corrected chi connectivity index (χ2v) is 8.87. The van der Waals surface area contributed by atoms with Crippen molar-refractivity contribution in [3.8, 4) is 23.1 Å². The molecule has 0 amide bonds. The van der Waals surface area contributed by atoms with Gasteiger partial charge in [0, 0.05) is 22.7 Å². The van der Waals surface area contributed by atoms with Crippen molar-refractivity contribution < 1.29 is 9.47 Å². The molecular weight excluding hydrogens is 398 g/mol. The van der Waals surface area contributed by atoms with E-state index >= 15 is 0 Å². The Morgan fingerprint density at radius 3 is 2.63 bits per heavy atom. The van der Waals surface area contributed by atoms with Gasteiger partial charge in [-0.3, -0.25) is 0 Å². The molecule has 0 aliphatic rings. The maximum absolute atomic E-state index is 12.1. The Morgan fingerprint density at radius 2 is 2.00 bits per heavy atom. The number of nitriles is 1. The summed E-state index contributed by atoms with van der Waals surface area (Å²) in [6.07, 6.45) is 3.15. The van der Waals surface area contributed by atoms with Crippen molar-refractivity contribution in [2.75, 3.05) is 6.61 Å². The van der Waals surface area contributed by atoms with Crippen molar-refractivity contribution in [2.24, 2.45) is 0 Å². The Balaban J connectivity index is 2.24. The van der Waals surface area contributed by atoms with E-state index in [2.05, 4.69) is 33.8 Å². The molecule has 156 valence electrons. The number of hydrogen-bond donors (Lipinski definition) is 0. The summed E-state index contributed by atoms with van der Waals surface area (Å²) < 4.78 is 6.54. The molecule has 5 nitrogen and oxygen atoms in total. The normalized spacial score (nSPS) is 11.5. The molecule has 0 N–H and O–H groups in total. The molecule has 2 heterocycles. The topological polar surface area (TPSA) is 72.8 Å². The van der Waals surface area contributed by atoms with Gasteiger partial charge in [0.25, 0.3) is 0 Å². The van der Waals surface area contributed by atoms with Crippen LogP contribution in [0.5, 0.6) is 5.75 Å². The van der Waals surface area contributed by atoms with Crippen LogP contribution in [-0.2, 0) is 5.41 Å². The van der Waals surface area contributed by atoms with E-state index in [0.29, 0.717) is 38.7 Å². The van der Waals surface area contributed by atoms with Crippen LogP contribution in [0.2, 0.25) is 5.02 Å². The van der Waals surface area contributed by atoms with Crippen molar-refractivity contribution in [3.05, 3.63) is 57.5 Å². The van der Waals surface area contributed by atoms with Crippen LogP contribution in [0.4, 0.5) is 0 Å². The average molecular weight is 424 g/mol. The third kappa shape index (κ3) is 4.20. The van der Waals surface area contributed by atoms with E-state index in [1.54, 1.807) is 12.1 Å². The number of aromatic nitrogens is 2. The zero-order chi connectivity index (χ0) is 22.1. The number of fused-ring (bicyclic) bond motifs is 1. The molecule has 3 rings (SSSR count). The molecule has 3 aromatic rings. The lowest BCUT2D eigenvalue weighted by Crippen LogP contribution is -2.30. The highest BCUT2D eigenvalue weighted by molar-refractivity contribution is 6.31. The molecule has 0 aliphatic heterocycles. The van der Waals surface area contributed by atoms with Crippen LogP contribution in [0, 0.1) is 23.5 Å². The van der Waals surface area contributed by atoms with E-state index < -0.39 is 0 Å². The number of hydrogen-bond acceptors (Lipinski definition) is 4. The average Bonchev–Trinajstić information content (AvgIpc) is 2.68. The van der Waals surface area contributed by atoms with Gasteiger partial charge in [0.1, 0.15) is 11.1 Å². The standard InChI is InChI=1S/C24H26ClN3O2/c1-6-7-10-30-22-13-20(27-19-8-9-28(29)21(14-26)23(19)22)16-12-18(25)17(11-15(16)2)24(3,4)5/h8-9,11-13H,6-7,10H2,1-5H3. The van der Waals surface area contributed by atoms with Gasteiger partial charge in [0.2, 0.25) is 0 Å². The minimum atomic E-state index is -0.0743. The molecular formula is C24H26ClN3O2. The van der Waals surface area contributed by atoms with Crippen molar-refractivity contribution in [3.63, 3.8) is 0 Å². The van der Waals surface area contributed by atoms with Gasteiger partial charge in [-0.15, -0.1) is 0 Å². The number of rotatable bonds is 5. The highest BCUT2D eigenvalue weighted by atomic mass is 35.5. The SMILES string of the molecule is CCCCOc1cc(-c2cc(Cl)c(C(C)(C)C)cc2C)nc2cc[n+]([O-])c(C#N)c12. The highest BCUT2D eigenvalue weighted by Crippen LogP contribution is 2.37. The van der Waals surface area contributed by atoms with Gasteiger partial charge in [-0.1, -0.05) is 51.8 Å². The number of pyridine rings is 2. The van der Waals surface area contributed by atoms with Crippen molar-refractivity contribution in [1.29, 1.82) is 5.26 Å². The molecule has 0 unspecified atom stereocenters. The molecule has 0 aliphatic carbocycles. The number of ether oxygens (including phenoxy) is 1. The smallest absolute Gasteiger partial charge is 0.307 e. The van der Waals surface area contributed by atoms with Crippen LogP contribution in [0.15, 0.2) is 30.5 Å². The summed E-state index contributed by atoms with van der Waals surface area (Å²) >= 11 is 6.62. The molecule has 0 radical (unpaired) electrons. The number of benzene rings is 1. The molecule has 0 atom stereocenters. The minimum absolute atomic E-state index is 0.0177. The molecule has 0 saturated heterocycles. The third-order valence-electron chi connectivity index (χ3n) is 5.10. The van der Waals surface area contributed by atoms with Gasteiger partial charge < -0.3 is 9.94 Å². The fourth-order valence-corrected chi connectivity index (χ4v) is 3.88. The summed E-state index contributed by atoms with van der Waals surface area (Å²) in [5.74, 6) is 0.487. The minimum Gasteiger partial charge on any atom is -0.618 e. The fraction of sp³-hybridized carbons (Fsp3) is 0.375. The number of aryl methyl sites for hydroxylation is 1. The van der Waals surface area contributed by atoms with Crippen molar-refractivity contribution in [1.82, 2.24) is 4.98 Å². The van der Waals surface area contributed by atoms with Crippen LogP contribution in [-0.4, -0.2) is 11.6 Å². The van der Waals surface area contributed by atoms with Gasteiger partial charge >= 0.3 is 5.69 Å². The van der Waals surface area contributed by atoms with Crippen LogP contribution < -0.4 is 9.47 Å². The first kappa shape index (κ1) is 21.9. The zero-order valence-electron chi connectivity index (χ0n) is 18.0. The number of unbranched alkanes of at least 4 members (excludes halogenated alkanes) is 1. The predicted octanol–water partition coefficient (Wildman–Crippen LogP) is 5.85. The highest BCUT2D eigenvalue weighted by Gasteiger charge is 2.22. The Labute approximate surface area is 182 Å². The summed E-state index contributed by atoms with van der Waals surface area (Å²) in [5.41, 5.74) is 4.16. The van der Waals surface area contributed by atoms with Gasteiger partial charge in [-0.05, 0) is 36.0 Å². The molecule has 0 fully saturated rings. The Kier molecular flexibility index (Phi) is 6.19. The lowest BCUT2D eigenvalue weighted by molar-refractivity contribution is -0.606. The van der Waals surface area contributed by atoms with Gasteiger partial charge in [-0.2, -0.15) is 9.99 Å². The van der Waals surface area contributed by atoms with E-state index in [-0.39, 0.29) is 11.1 Å². The van der Waals surface area contributed by atoms with Crippen molar-refractivity contribution in [2.45, 2.75) is 52.9 Å². The molecule has 30 heavy (non-hydrogen) atoms. The quantitative estimate of drug-likeness (QED) is 0.293. The molecule has 6 heteroatoms. The lowest BCUT2D eigenvalue weighted by Gasteiger charge is -2.22. The first-order valence-electron chi connectivity index (χ1n) is 10.1. The summed E-state index contributed by atoms with van der Waals surface area (Å²) in [4.78, 5) is 4.74. The van der Waals surface area contributed by atoms with Gasteiger partial charge in [-0.25, -0.2) is 4.98 Å². The molecule has 0 saturated carbocycles. The van der Waals surface area contributed by atoms with Crippen LogP contribution in [0.25, 0.3) is 22.2 Å². The second-order valence-electron chi connectivity index (χ2n) is 8.47.